The molecular formula is C19H20FN7O2S. The van der Waals surface area contributed by atoms with Gasteiger partial charge in [0.05, 0.1) is 0 Å². The predicted octanol–water partition coefficient (Wildman–Crippen LogP) is 2.48. The van der Waals surface area contributed by atoms with E-state index in [2.05, 4.69) is 35.9 Å². The van der Waals surface area contributed by atoms with Gasteiger partial charge >= 0.3 is 0 Å². The van der Waals surface area contributed by atoms with E-state index >= 15 is 0 Å². The molecule has 3 aromatic rings. The number of aromatic nitrogens is 4. The standard InChI is InChI=1S/C19H20FN7O2S/c1-29-16(12-4-6-13(20)7-5-12)17(28)23-19-26-25-18(30-19)22-14-8-10-27(11-14)15-3-2-9-21-24-15/h2-7,9,14,16H,8,10-11H2,1H3,(H,22,25)(H,23,26,28). The molecule has 30 heavy (non-hydrogen) atoms. The van der Waals surface area contributed by atoms with E-state index in [1.807, 2.05) is 12.1 Å². The molecule has 0 bridgehead atoms. The first-order valence-corrected chi connectivity index (χ1v) is 10.2. The fourth-order valence-corrected chi connectivity index (χ4v) is 3.98. The molecule has 3 heterocycles. The quantitative estimate of drug-likeness (QED) is 0.590. The van der Waals surface area contributed by atoms with Gasteiger partial charge in [-0.25, -0.2) is 4.39 Å². The molecule has 0 aliphatic carbocycles. The largest absolute Gasteiger partial charge is 0.367 e. The number of ether oxygens (including phenoxy) is 1. The Kier molecular flexibility index (Phi) is 6.10. The number of carbonyl (C=O) groups excluding carboxylic acids is 1. The third-order valence-corrected chi connectivity index (χ3v) is 5.47. The number of halogens is 1. The minimum absolute atomic E-state index is 0.189. The van der Waals surface area contributed by atoms with E-state index in [9.17, 15) is 9.18 Å². The van der Waals surface area contributed by atoms with Crippen molar-refractivity contribution in [3.63, 3.8) is 0 Å². The summed E-state index contributed by atoms with van der Waals surface area (Å²) in [7, 11) is 1.42. The van der Waals surface area contributed by atoms with Crippen molar-refractivity contribution in [1.82, 2.24) is 20.4 Å². The summed E-state index contributed by atoms with van der Waals surface area (Å²) in [4.78, 5) is 14.7. The number of benzene rings is 1. The van der Waals surface area contributed by atoms with E-state index in [-0.39, 0.29) is 11.9 Å². The van der Waals surface area contributed by atoms with Crippen LogP contribution in [-0.2, 0) is 9.53 Å². The van der Waals surface area contributed by atoms with E-state index in [1.165, 1.54) is 42.7 Å². The van der Waals surface area contributed by atoms with Gasteiger partial charge in [-0.05, 0) is 36.2 Å². The molecule has 1 fully saturated rings. The van der Waals surface area contributed by atoms with Gasteiger partial charge < -0.3 is 15.0 Å². The zero-order valence-electron chi connectivity index (χ0n) is 16.2. The predicted molar refractivity (Wildman–Crippen MR) is 111 cm³/mol. The molecule has 2 N–H and O–H groups in total. The number of hydrogen-bond acceptors (Lipinski definition) is 9. The van der Waals surface area contributed by atoms with Crippen LogP contribution in [0.15, 0.2) is 42.6 Å². The minimum Gasteiger partial charge on any atom is -0.367 e. The van der Waals surface area contributed by atoms with E-state index < -0.39 is 12.0 Å². The first-order chi connectivity index (χ1) is 14.6. The summed E-state index contributed by atoms with van der Waals surface area (Å²) < 4.78 is 18.4. The summed E-state index contributed by atoms with van der Waals surface area (Å²) in [5.41, 5.74) is 0.550. The molecule has 2 atom stereocenters. The average Bonchev–Trinajstić information content (AvgIpc) is 3.40. The Bertz CT molecular complexity index is 986. The molecule has 0 spiro atoms. The summed E-state index contributed by atoms with van der Waals surface area (Å²) in [6.07, 6.45) is 1.70. The minimum atomic E-state index is -0.874. The lowest BCUT2D eigenvalue weighted by Crippen LogP contribution is -2.26. The van der Waals surface area contributed by atoms with E-state index in [1.54, 1.807) is 6.20 Å². The van der Waals surface area contributed by atoms with Crippen LogP contribution in [-0.4, -0.2) is 52.5 Å². The van der Waals surface area contributed by atoms with Gasteiger partial charge in [-0.1, -0.05) is 23.5 Å². The van der Waals surface area contributed by atoms with Crippen molar-refractivity contribution >= 4 is 33.3 Å². The van der Waals surface area contributed by atoms with E-state index in [0.29, 0.717) is 15.8 Å². The molecule has 156 valence electrons. The summed E-state index contributed by atoms with van der Waals surface area (Å²) in [6.45, 7) is 1.64. The molecule has 0 radical (unpaired) electrons. The van der Waals surface area contributed by atoms with Crippen molar-refractivity contribution in [3.05, 3.63) is 54.0 Å². The first kappa shape index (κ1) is 20.1. The second-order valence-electron chi connectivity index (χ2n) is 6.73. The molecule has 1 aliphatic rings. The number of carbonyl (C=O) groups is 1. The lowest BCUT2D eigenvalue weighted by atomic mass is 10.1. The fraction of sp³-hybridized carbons (Fsp3) is 0.316. The Morgan fingerprint density at radius 3 is 2.77 bits per heavy atom. The zero-order valence-corrected chi connectivity index (χ0v) is 17.0. The van der Waals surface area contributed by atoms with Crippen LogP contribution in [0.25, 0.3) is 0 Å². The molecule has 2 unspecified atom stereocenters. The smallest absolute Gasteiger partial charge is 0.259 e. The number of nitrogens with zero attached hydrogens (tertiary/aromatic N) is 5. The maximum absolute atomic E-state index is 13.1. The number of anilines is 3. The molecule has 1 amide bonds. The third-order valence-electron chi connectivity index (χ3n) is 4.70. The van der Waals surface area contributed by atoms with Crippen molar-refractivity contribution in [2.75, 3.05) is 35.7 Å². The van der Waals surface area contributed by atoms with Crippen molar-refractivity contribution in [2.24, 2.45) is 0 Å². The maximum atomic E-state index is 13.1. The maximum Gasteiger partial charge on any atom is 0.259 e. The second-order valence-corrected chi connectivity index (χ2v) is 7.70. The van der Waals surface area contributed by atoms with Gasteiger partial charge in [-0.3, -0.25) is 10.1 Å². The summed E-state index contributed by atoms with van der Waals surface area (Å²) in [6, 6.07) is 9.58. The highest BCUT2D eigenvalue weighted by Crippen LogP contribution is 2.26. The van der Waals surface area contributed by atoms with E-state index in [4.69, 9.17) is 4.74 Å². The highest BCUT2D eigenvalue weighted by atomic mass is 32.1. The fourth-order valence-electron chi connectivity index (χ4n) is 3.26. The number of hydrogen-bond donors (Lipinski definition) is 2. The summed E-state index contributed by atoms with van der Waals surface area (Å²) in [5, 5.41) is 23.2. The highest BCUT2D eigenvalue weighted by Gasteiger charge is 2.25. The van der Waals surface area contributed by atoms with Crippen LogP contribution >= 0.6 is 11.3 Å². The van der Waals surface area contributed by atoms with E-state index in [0.717, 1.165) is 25.3 Å². The van der Waals surface area contributed by atoms with Crippen LogP contribution in [0.2, 0.25) is 0 Å². The first-order valence-electron chi connectivity index (χ1n) is 9.34. The van der Waals surface area contributed by atoms with Crippen molar-refractivity contribution in [3.8, 4) is 0 Å². The molecule has 2 aromatic heterocycles. The molecule has 1 aromatic carbocycles. The van der Waals surface area contributed by atoms with Gasteiger partial charge in [0.25, 0.3) is 5.91 Å². The van der Waals surface area contributed by atoms with Crippen LogP contribution in [0.3, 0.4) is 0 Å². The molecule has 9 nitrogen and oxygen atoms in total. The second kappa shape index (κ2) is 9.09. The van der Waals surface area contributed by atoms with Crippen molar-refractivity contribution in [2.45, 2.75) is 18.6 Å². The molecule has 11 heteroatoms. The number of methoxy groups -OCH3 is 1. The van der Waals surface area contributed by atoms with Crippen molar-refractivity contribution in [1.29, 1.82) is 0 Å². The molecular weight excluding hydrogens is 409 g/mol. The SMILES string of the molecule is COC(C(=O)Nc1nnc(NC2CCN(c3cccnn3)C2)s1)c1ccc(F)cc1. The Morgan fingerprint density at radius 1 is 1.23 bits per heavy atom. The Labute approximate surface area is 176 Å². The van der Waals surface area contributed by atoms with Gasteiger partial charge in [-0.2, -0.15) is 5.10 Å². The van der Waals surface area contributed by atoms with Gasteiger partial charge in [-0.15, -0.1) is 15.3 Å². The highest BCUT2D eigenvalue weighted by molar-refractivity contribution is 7.19. The molecule has 1 saturated heterocycles. The Hall–Kier alpha value is -3.18. The van der Waals surface area contributed by atoms with Crippen LogP contribution in [0, 0.1) is 5.82 Å². The molecule has 4 rings (SSSR count). The van der Waals surface area contributed by atoms with Crippen LogP contribution in [0.4, 0.5) is 20.5 Å². The third kappa shape index (κ3) is 4.69. The molecule has 1 aliphatic heterocycles. The zero-order chi connectivity index (χ0) is 20.9. The Balaban J connectivity index is 1.34. The molecule has 0 saturated carbocycles. The van der Waals surface area contributed by atoms with Gasteiger partial charge in [0, 0.05) is 32.4 Å². The van der Waals surface area contributed by atoms with Gasteiger partial charge in [0.2, 0.25) is 10.3 Å². The van der Waals surface area contributed by atoms with Crippen LogP contribution in [0.5, 0.6) is 0 Å². The lowest BCUT2D eigenvalue weighted by molar-refractivity contribution is -0.126. The van der Waals surface area contributed by atoms with Gasteiger partial charge in [0.1, 0.15) is 5.82 Å². The monoisotopic (exact) mass is 429 g/mol. The number of nitrogens with one attached hydrogen (secondary N) is 2. The normalized spacial score (nSPS) is 17.0. The van der Waals surface area contributed by atoms with Crippen LogP contribution in [0.1, 0.15) is 18.1 Å². The average molecular weight is 429 g/mol. The van der Waals surface area contributed by atoms with Crippen molar-refractivity contribution < 1.29 is 13.9 Å². The lowest BCUT2D eigenvalue weighted by Gasteiger charge is -2.16. The van der Waals surface area contributed by atoms with Crippen LogP contribution < -0.4 is 15.5 Å². The van der Waals surface area contributed by atoms with Gasteiger partial charge in [0.15, 0.2) is 11.9 Å². The Morgan fingerprint density at radius 2 is 2.03 bits per heavy atom. The summed E-state index contributed by atoms with van der Waals surface area (Å²) >= 11 is 1.24. The topological polar surface area (TPSA) is 105 Å². The summed E-state index contributed by atoms with van der Waals surface area (Å²) in [5.74, 6) is 0.0681. The number of amides is 1. The number of rotatable bonds is 7.